The topological polar surface area (TPSA) is 66.4 Å². The predicted octanol–water partition coefficient (Wildman–Crippen LogP) is 2.69. The molecule has 0 bridgehead atoms. The molecule has 120 valence electrons. The zero-order chi connectivity index (χ0) is 16.2. The Hall–Kier alpha value is -2.43. The minimum absolute atomic E-state index is 0.146. The number of aliphatic imine (C=N–C) groups is 1. The lowest BCUT2D eigenvalue weighted by Gasteiger charge is -2.21. The van der Waals surface area contributed by atoms with E-state index in [1.165, 1.54) is 24.1 Å². The molecule has 1 aromatic carbocycles. The number of aryl methyl sites for hydroxylation is 1. The molecule has 2 N–H and O–H groups in total. The largest absolute Gasteiger partial charge is 0.367 e. The van der Waals surface area contributed by atoms with E-state index < -0.39 is 0 Å². The molecule has 5 heteroatoms. The van der Waals surface area contributed by atoms with E-state index in [0.29, 0.717) is 12.4 Å². The number of pyridine rings is 1. The Labute approximate surface area is 136 Å². The van der Waals surface area contributed by atoms with Crippen molar-refractivity contribution < 1.29 is 4.79 Å². The summed E-state index contributed by atoms with van der Waals surface area (Å²) >= 11 is 0. The van der Waals surface area contributed by atoms with Crippen molar-refractivity contribution in [2.24, 2.45) is 4.99 Å². The van der Waals surface area contributed by atoms with Gasteiger partial charge in [-0.15, -0.1) is 0 Å². The summed E-state index contributed by atoms with van der Waals surface area (Å²) in [6.45, 7) is 2.09. The highest BCUT2D eigenvalue weighted by Gasteiger charge is 2.17. The van der Waals surface area contributed by atoms with Crippen LogP contribution in [0, 0.1) is 0 Å². The van der Waals surface area contributed by atoms with Crippen molar-refractivity contribution in [3.63, 3.8) is 0 Å². The summed E-state index contributed by atoms with van der Waals surface area (Å²) in [5, 5.41) is 7.36. The molecule has 5 nitrogen and oxygen atoms in total. The van der Waals surface area contributed by atoms with Gasteiger partial charge in [0.2, 0.25) is 0 Å². The van der Waals surface area contributed by atoms with Crippen LogP contribution in [0.25, 0.3) is 10.9 Å². The van der Waals surface area contributed by atoms with E-state index in [1.54, 1.807) is 14.0 Å². The number of nitrogens with one attached hydrogen (secondary N) is 2. The van der Waals surface area contributed by atoms with E-state index in [0.717, 1.165) is 29.4 Å². The normalized spacial score (nSPS) is 14.4. The molecule has 0 atom stereocenters. The second-order valence-electron chi connectivity index (χ2n) is 5.80. The standard InChI is InChI=1S/C18H22N4O/c1-12(19-2)18(23)21-11-20-17-13-7-3-5-9-15(13)22-16-10-6-4-8-14(16)17/h3,5,7,9H,4,6,8,10-11H2,1-2H3,(H,20,22)(H,21,23). The van der Waals surface area contributed by atoms with E-state index in [2.05, 4.69) is 21.7 Å². The highest BCUT2D eigenvalue weighted by Crippen LogP contribution is 2.32. The molecule has 0 radical (unpaired) electrons. The highest BCUT2D eigenvalue weighted by molar-refractivity contribution is 6.37. The number of rotatable bonds is 4. The molecular formula is C18H22N4O. The van der Waals surface area contributed by atoms with Gasteiger partial charge in [0, 0.05) is 23.8 Å². The lowest BCUT2D eigenvalue weighted by atomic mass is 9.93. The molecule has 0 fully saturated rings. The van der Waals surface area contributed by atoms with Crippen LogP contribution in [-0.4, -0.2) is 30.3 Å². The van der Waals surface area contributed by atoms with Crippen LogP contribution in [0.15, 0.2) is 29.3 Å². The fraction of sp³-hybridized carbons (Fsp3) is 0.389. The number of fused-ring (bicyclic) bond motifs is 2. The first-order valence-corrected chi connectivity index (χ1v) is 8.06. The van der Waals surface area contributed by atoms with Crippen LogP contribution in [-0.2, 0) is 17.6 Å². The van der Waals surface area contributed by atoms with Gasteiger partial charge >= 0.3 is 0 Å². The zero-order valence-electron chi connectivity index (χ0n) is 13.6. The Morgan fingerprint density at radius 1 is 1.26 bits per heavy atom. The summed E-state index contributed by atoms with van der Waals surface area (Å²) in [6.07, 6.45) is 4.46. The van der Waals surface area contributed by atoms with Crippen molar-refractivity contribution in [1.29, 1.82) is 0 Å². The zero-order valence-corrected chi connectivity index (χ0v) is 13.6. The summed E-state index contributed by atoms with van der Waals surface area (Å²) in [7, 11) is 1.62. The van der Waals surface area contributed by atoms with Crippen molar-refractivity contribution in [1.82, 2.24) is 10.3 Å². The minimum atomic E-state index is -0.146. The van der Waals surface area contributed by atoms with Gasteiger partial charge in [-0.1, -0.05) is 18.2 Å². The number of carbonyl (C=O) groups excluding carboxylic acids is 1. The predicted molar refractivity (Wildman–Crippen MR) is 94.1 cm³/mol. The maximum absolute atomic E-state index is 11.8. The number of nitrogens with zero attached hydrogens (tertiary/aromatic N) is 2. The maximum Gasteiger partial charge on any atom is 0.266 e. The number of aromatic nitrogens is 1. The molecule has 2 aromatic rings. The Bertz CT molecular complexity index is 767. The molecule has 1 aliphatic rings. The monoisotopic (exact) mass is 310 g/mol. The third-order valence-electron chi connectivity index (χ3n) is 4.35. The summed E-state index contributed by atoms with van der Waals surface area (Å²) < 4.78 is 0. The second-order valence-corrected chi connectivity index (χ2v) is 5.80. The number of benzene rings is 1. The maximum atomic E-state index is 11.8. The first-order valence-electron chi connectivity index (χ1n) is 8.06. The van der Waals surface area contributed by atoms with Gasteiger partial charge in [-0.2, -0.15) is 0 Å². The molecule has 0 saturated heterocycles. The van der Waals surface area contributed by atoms with Gasteiger partial charge in [-0.3, -0.25) is 14.8 Å². The fourth-order valence-electron chi connectivity index (χ4n) is 3.02. The van der Waals surface area contributed by atoms with Crippen molar-refractivity contribution in [2.75, 3.05) is 19.0 Å². The quantitative estimate of drug-likeness (QED) is 0.674. The van der Waals surface area contributed by atoms with Crippen LogP contribution in [0.1, 0.15) is 31.0 Å². The van der Waals surface area contributed by atoms with E-state index in [9.17, 15) is 4.79 Å². The second kappa shape index (κ2) is 6.77. The first-order chi connectivity index (χ1) is 11.2. The molecule has 1 aromatic heterocycles. The van der Waals surface area contributed by atoms with Crippen molar-refractivity contribution in [3.8, 4) is 0 Å². The number of hydrogen-bond acceptors (Lipinski definition) is 4. The molecule has 0 aliphatic heterocycles. The number of para-hydroxylation sites is 1. The molecule has 0 saturated carbocycles. The smallest absolute Gasteiger partial charge is 0.266 e. The number of anilines is 1. The molecule has 23 heavy (non-hydrogen) atoms. The third kappa shape index (κ3) is 3.18. The van der Waals surface area contributed by atoms with Crippen LogP contribution >= 0.6 is 0 Å². The Morgan fingerprint density at radius 3 is 2.87 bits per heavy atom. The molecule has 1 heterocycles. The summed E-state index contributed by atoms with van der Waals surface area (Å²) in [6, 6.07) is 8.16. The summed E-state index contributed by atoms with van der Waals surface area (Å²) in [5.41, 5.74) is 5.08. The number of hydrogen-bond donors (Lipinski definition) is 2. The van der Waals surface area contributed by atoms with Gasteiger partial charge in [-0.05, 0) is 44.2 Å². The van der Waals surface area contributed by atoms with Crippen molar-refractivity contribution >= 4 is 28.2 Å². The molecule has 1 amide bonds. The van der Waals surface area contributed by atoms with E-state index in [1.807, 2.05) is 18.2 Å². The number of amides is 1. The van der Waals surface area contributed by atoms with Crippen LogP contribution in [0.2, 0.25) is 0 Å². The lowest BCUT2D eigenvalue weighted by Crippen LogP contribution is -2.33. The Morgan fingerprint density at radius 2 is 2.04 bits per heavy atom. The number of carbonyl (C=O) groups is 1. The van der Waals surface area contributed by atoms with Crippen LogP contribution in [0.3, 0.4) is 0 Å². The third-order valence-corrected chi connectivity index (χ3v) is 4.35. The summed E-state index contributed by atoms with van der Waals surface area (Å²) in [4.78, 5) is 20.5. The van der Waals surface area contributed by atoms with E-state index in [-0.39, 0.29) is 5.91 Å². The minimum Gasteiger partial charge on any atom is -0.367 e. The van der Waals surface area contributed by atoms with Crippen LogP contribution in [0.5, 0.6) is 0 Å². The van der Waals surface area contributed by atoms with Gasteiger partial charge in [0.15, 0.2) is 0 Å². The van der Waals surface area contributed by atoms with Gasteiger partial charge in [0.25, 0.3) is 5.91 Å². The molecular weight excluding hydrogens is 288 g/mol. The van der Waals surface area contributed by atoms with Gasteiger partial charge < -0.3 is 10.6 Å². The van der Waals surface area contributed by atoms with Crippen molar-refractivity contribution in [3.05, 3.63) is 35.5 Å². The highest BCUT2D eigenvalue weighted by atomic mass is 16.1. The molecule has 3 rings (SSSR count). The average molecular weight is 310 g/mol. The van der Waals surface area contributed by atoms with E-state index >= 15 is 0 Å². The first kappa shape index (κ1) is 15.5. The van der Waals surface area contributed by atoms with Crippen molar-refractivity contribution in [2.45, 2.75) is 32.6 Å². The SMILES string of the molecule is CN=C(C)C(=O)NCNc1c2c(nc3ccccc13)CCCC2. The molecule has 0 unspecified atom stereocenters. The Kier molecular flexibility index (Phi) is 4.55. The Balaban J connectivity index is 1.88. The van der Waals surface area contributed by atoms with E-state index in [4.69, 9.17) is 4.98 Å². The molecule has 0 spiro atoms. The van der Waals surface area contributed by atoms with Gasteiger partial charge in [0.1, 0.15) is 0 Å². The fourth-order valence-corrected chi connectivity index (χ4v) is 3.02. The lowest BCUT2D eigenvalue weighted by molar-refractivity contribution is -0.114. The average Bonchev–Trinajstić information content (AvgIpc) is 2.60. The van der Waals surface area contributed by atoms with Crippen LogP contribution in [0.4, 0.5) is 5.69 Å². The van der Waals surface area contributed by atoms with Crippen LogP contribution < -0.4 is 10.6 Å². The van der Waals surface area contributed by atoms with Gasteiger partial charge in [-0.25, -0.2) is 0 Å². The molecule has 1 aliphatic carbocycles. The van der Waals surface area contributed by atoms with Gasteiger partial charge in [0.05, 0.1) is 17.9 Å². The summed E-state index contributed by atoms with van der Waals surface area (Å²) in [5.74, 6) is -0.146.